The van der Waals surface area contributed by atoms with E-state index in [4.69, 9.17) is 10.5 Å². The molecule has 0 saturated heterocycles. The lowest BCUT2D eigenvalue weighted by Gasteiger charge is -2.16. The number of anilines is 1. The van der Waals surface area contributed by atoms with Crippen molar-refractivity contribution in [2.24, 2.45) is 0 Å². The molecule has 3 N–H and O–H groups in total. The molecule has 1 aromatic rings. The van der Waals surface area contributed by atoms with Crippen molar-refractivity contribution in [3.05, 3.63) is 24.3 Å². The minimum absolute atomic E-state index is 0.0543. The number of likely N-dealkylation sites (N-methyl/N-ethyl adjacent to an activating group) is 1. The summed E-state index contributed by atoms with van der Waals surface area (Å²) in [4.78, 5) is 13.1. The highest BCUT2D eigenvalue weighted by Crippen LogP contribution is 2.14. The number of hydrogen-bond donors (Lipinski definition) is 2. The van der Waals surface area contributed by atoms with Crippen LogP contribution in [0.2, 0.25) is 0 Å². The minimum Gasteiger partial charge on any atom is -0.492 e. The smallest absolute Gasteiger partial charge is 0.221 e. The number of nitrogens with one attached hydrogen (secondary N) is 1. The van der Waals surface area contributed by atoms with Gasteiger partial charge in [-0.05, 0) is 19.2 Å². The van der Waals surface area contributed by atoms with Crippen molar-refractivity contribution >= 4 is 11.6 Å². The van der Waals surface area contributed by atoms with Crippen LogP contribution in [0.1, 0.15) is 6.42 Å². The molecule has 0 aliphatic carbocycles. The molecule has 0 fully saturated rings. The lowest BCUT2D eigenvalue weighted by molar-refractivity contribution is -0.120. The minimum atomic E-state index is 0.0543. The number of amides is 1. The monoisotopic (exact) mass is 251 g/mol. The molecule has 0 atom stereocenters. The van der Waals surface area contributed by atoms with Gasteiger partial charge in [-0.15, -0.1) is 0 Å². The van der Waals surface area contributed by atoms with Crippen LogP contribution in [0.25, 0.3) is 0 Å². The fraction of sp³-hybridized carbons (Fsp3) is 0.462. The molecular formula is C13H21N3O2. The van der Waals surface area contributed by atoms with Gasteiger partial charge < -0.3 is 20.7 Å². The number of nitrogens with zero attached hydrogens (tertiary/aromatic N) is 1. The summed E-state index contributed by atoms with van der Waals surface area (Å²) in [6, 6.07) is 7.35. The second-order valence-electron chi connectivity index (χ2n) is 4.15. The summed E-state index contributed by atoms with van der Waals surface area (Å²) >= 11 is 0. The molecule has 1 rings (SSSR count). The number of benzene rings is 1. The van der Waals surface area contributed by atoms with E-state index in [2.05, 4.69) is 10.2 Å². The van der Waals surface area contributed by atoms with Gasteiger partial charge in [0.15, 0.2) is 0 Å². The summed E-state index contributed by atoms with van der Waals surface area (Å²) in [5.74, 6) is 0.827. The molecular weight excluding hydrogens is 230 g/mol. The first kappa shape index (κ1) is 14.3. The van der Waals surface area contributed by atoms with Crippen molar-refractivity contribution in [3.63, 3.8) is 0 Å². The van der Waals surface area contributed by atoms with Crippen LogP contribution in [0.4, 0.5) is 5.69 Å². The maximum atomic E-state index is 11.1. The van der Waals surface area contributed by atoms with E-state index in [1.165, 1.54) is 0 Å². The van der Waals surface area contributed by atoms with E-state index in [-0.39, 0.29) is 5.91 Å². The van der Waals surface area contributed by atoms with Gasteiger partial charge >= 0.3 is 0 Å². The van der Waals surface area contributed by atoms with E-state index >= 15 is 0 Å². The van der Waals surface area contributed by atoms with Gasteiger partial charge in [-0.2, -0.15) is 0 Å². The largest absolute Gasteiger partial charge is 0.492 e. The van der Waals surface area contributed by atoms with Crippen LogP contribution < -0.4 is 15.8 Å². The summed E-state index contributed by atoms with van der Waals surface area (Å²) in [5.41, 5.74) is 6.35. The zero-order valence-corrected chi connectivity index (χ0v) is 11.0. The van der Waals surface area contributed by atoms with Gasteiger partial charge in [-0.25, -0.2) is 0 Å². The molecule has 0 aliphatic rings. The summed E-state index contributed by atoms with van der Waals surface area (Å²) in [5, 5.41) is 2.60. The summed E-state index contributed by atoms with van der Waals surface area (Å²) in [7, 11) is 3.61. The van der Waals surface area contributed by atoms with Gasteiger partial charge in [0.1, 0.15) is 12.4 Å². The quantitative estimate of drug-likeness (QED) is 0.701. The standard InChI is InChI=1S/C13H21N3O2/c1-15-13(17)6-7-16(2)8-9-18-12-5-3-4-11(14)10-12/h3-5,10H,6-9,14H2,1-2H3,(H,15,17). The van der Waals surface area contributed by atoms with E-state index in [0.29, 0.717) is 18.7 Å². The number of ether oxygens (including phenoxy) is 1. The number of rotatable bonds is 7. The van der Waals surface area contributed by atoms with Gasteiger partial charge in [-0.3, -0.25) is 4.79 Å². The third-order valence-electron chi connectivity index (χ3n) is 2.60. The van der Waals surface area contributed by atoms with Gasteiger partial charge in [0.25, 0.3) is 0 Å². The predicted octanol–water partition coefficient (Wildman–Crippen LogP) is 0.716. The molecule has 0 saturated carbocycles. The topological polar surface area (TPSA) is 67.6 Å². The highest BCUT2D eigenvalue weighted by atomic mass is 16.5. The second kappa shape index (κ2) is 7.55. The van der Waals surface area contributed by atoms with Crippen LogP contribution in [0.15, 0.2) is 24.3 Å². The molecule has 1 amide bonds. The van der Waals surface area contributed by atoms with Crippen LogP contribution in [0.5, 0.6) is 5.75 Å². The van der Waals surface area contributed by atoms with Crippen LogP contribution in [-0.4, -0.2) is 44.6 Å². The number of hydrogen-bond acceptors (Lipinski definition) is 4. The zero-order valence-electron chi connectivity index (χ0n) is 11.0. The van der Waals surface area contributed by atoms with E-state index in [0.717, 1.165) is 18.8 Å². The Bertz CT molecular complexity index is 382. The van der Waals surface area contributed by atoms with Crippen molar-refractivity contribution < 1.29 is 9.53 Å². The number of carbonyl (C=O) groups excluding carboxylic acids is 1. The molecule has 0 spiro atoms. The summed E-state index contributed by atoms with van der Waals surface area (Å²) in [6.45, 7) is 2.07. The number of carbonyl (C=O) groups is 1. The highest BCUT2D eigenvalue weighted by molar-refractivity contribution is 5.75. The molecule has 18 heavy (non-hydrogen) atoms. The van der Waals surface area contributed by atoms with Gasteiger partial charge in [0, 0.05) is 38.3 Å². The lowest BCUT2D eigenvalue weighted by atomic mass is 10.3. The Hall–Kier alpha value is -1.75. The molecule has 5 heteroatoms. The zero-order chi connectivity index (χ0) is 13.4. The third kappa shape index (κ3) is 5.54. The van der Waals surface area contributed by atoms with E-state index < -0.39 is 0 Å². The first-order valence-corrected chi connectivity index (χ1v) is 5.99. The van der Waals surface area contributed by atoms with Crippen LogP contribution >= 0.6 is 0 Å². The molecule has 0 unspecified atom stereocenters. The first-order valence-electron chi connectivity index (χ1n) is 5.99. The Morgan fingerprint density at radius 3 is 2.89 bits per heavy atom. The lowest BCUT2D eigenvalue weighted by Crippen LogP contribution is -2.29. The Kier molecular flexibility index (Phi) is 6.00. The highest BCUT2D eigenvalue weighted by Gasteiger charge is 2.03. The second-order valence-corrected chi connectivity index (χ2v) is 4.15. The van der Waals surface area contributed by atoms with Crippen molar-refractivity contribution in [2.45, 2.75) is 6.42 Å². The third-order valence-corrected chi connectivity index (χ3v) is 2.60. The first-order chi connectivity index (χ1) is 8.61. The molecule has 1 aromatic carbocycles. The fourth-order valence-corrected chi connectivity index (χ4v) is 1.45. The summed E-state index contributed by atoms with van der Waals surface area (Å²) in [6.07, 6.45) is 0.505. The average Bonchev–Trinajstić information content (AvgIpc) is 2.36. The molecule has 5 nitrogen and oxygen atoms in total. The van der Waals surface area contributed by atoms with E-state index in [1.807, 2.05) is 25.2 Å². The Morgan fingerprint density at radius 1 is 1.44 bits per heavy atom. The maximum absolute atomic E-state index is 11.1. The van der Waals surface area contributed by atoms with E-state index in [1.54, 1.807) is 13.1 Å². The predicted molar refractivity (Wildman–Crippen MR) is 72.5 cm³/mol. The number of nitrogen functional groups attached to an aromatic ring is 1. The van der Waals surface area contributed by atoms with Crippen LogP contribution in [0, 0.1) is 0 Å². The number of nitrogens with two attached hydrogens (primary N) is 1. The molecule has 0 radical (unpaired) electrons. The van der Waals surface area contributed by atoms with Crippen molar-refractivity contribution in [1.29, 1.82) is 0 Å². The molecule has 0 aliphatic heterocycles. The van der Waals surface area contributed by atoms with Crippen molar-refractivity contribution in [1.82, 2.24) is 10.2 Å². The summed E-state index contributed by atoms with van der Waals surface area (Å²) < 4.78 is 5.57. The molecule has 0 bridgehead atoms. The molecule has 0 aromatic heterocycles. The van der Waals surface area contributed by atoms with Crippen molar-refractivity contribution in [2.75, 3.05) is 39.5 Å². The Balaban J connectivity index is 2.19. The fourth-order valence-electron chi connectivity index (χ4n) is 1.45. The SMILES string of the molecule is CNC(=O)CCN(C)CCOc1cccc(N)c1. The van der Waals surface area contributed by atoms with Crippen LogP contribution in [-0.2, 0) is 4.79 Å². The van der Waals surface area contributed by atoms with Crippen molar-refractivity contribution in [3.8, 4) is 5.75 Å². The Labute approximate surface area is 108 Å². The van der Waals surface area contributed by atoms with Crippen LogP contribution in [0.3, 0.4) is 0 Å². The average molecular weight is 251 g/mol. The van der Waals surface area contributed by atoms with Gasteiger partial charge in [0.05, 0.1) is 0 Å². The molecule has 0 heterocycles. The normalized spacial score (nSPS) is 10.4. The Morgan fingerprint density at radius 2 is 2.22 bits per heavy atom. The van der Waals surface area contributed by atoms with E-state index in [9.17, 15) is 4.79 Å². The molecule has 100 valence electrons. The van der Waals surface area contributed by atoms with Gasteiger partial charge in [0.2, 0.25) is 5.91 Å². The maximum Gasteiger partial charge on any atom is 0.221 e. The van der Waals surface area contributed by atoms with Gasteiger partial charge in [-0.1, -0.05) is 6.07 Å².